The monoisotopic (exact) mass is 288 g/mol. The molecule has 0 aliphatic rings. The molecular weight excluding hydrogens is 271 g/mol. The first kappa shape index (κ1) is 14.8. The fraction of sp³-hybridized carbons (Fsp3) is 0.188. The number of amides is 2. The summed E-state index contributed by atoms with van der Waals surface area (Å²) < 4.78 is 18.5. The Morgan fingerprint density at radius 3 is 2.43 bits per heavy atom. The van der Waals surface area contributed by atoms with Crippen molar-refractivity contribution in [2.75, 3.05) is 12.4 Å². The lowest BCUT2D eigenvalue weighted by Crippen LogP contribution is -2.31. The number of anilines is 1. The SMILES string of the molecule is COc1ccc([C@@H](C)NC(=O)Nc2ccccc2F)cc1. The average molecular weight is 288 g/mol. The molecule has 2 aromatic carbocycles. The van der Waals surface area contributed by atoms with Crippen LogP contribution in [0.15, 0.2) is 48.5 Å². The van der Waals surface area contributed by atoms with Crippen LogP contribution < -0.4 is 15.4 Å². The smallest absolute Gasteiger partial charge is 0.319 e. The number of halogens is 1. The predicted octanol–water partition coefficient (Wildman–Crippen LogP) is 3.72. The summed E-state index contributed by atoms with van der Waals surface area (Å²) >= 11 is 0. The number of urea groups is 1. The van der Waals surface area contributed by atoms with Crippen molar-refractivity contribution in [1.82, 2.24) is 5.32 Å². The first-order chi connectivity index (χ1) is 10.1. The van der Waals surface area contributed by atoms with Gasteiger partial charge in [-0.15, -0.1) is 0 Å². The maximum atomic E-state index is 13.4. The molecule has 0 aliphatic carbocycles. The van der Waals surface area contributed by atoms with Gasteiger partial charge in [-0.25, -0.2) is 9.18 Å². The maximum Gasteiger partial charge on any atom is 0.319 e. The molecule has 0 bridgehead atoms. The first-order valence-corrected chi connectivity index (χ1v) is 6.56. The molecule has 0 fully saturated rings. The second kappa shape index (κ2) is 6.74. The zero-order chi connectivity index (χ0) is 15.2. The molecule has 2 aromatic rings. The molecule has 0 spiro atoms. The van der Waals surface area contributed by atoms with Crippen molar-refractivity contribution in [3.8, 4) is 5.75 Å². The summed E-state index contributed by atoms with van der Waals surface area (Å²) in [7, 11) is 1.60. The number of benzene rings is 2. The Morgan fingerprint density at radius 2 is 1.81 bits per heavy atom. The standard InChI is InChI=1S/C16H17FN2O2/c1-11(12-7-9-13(21-2)10-8-12)18-16(20)19-15-6-4-3-5-14(15)17/h3-11H,1-2H3,(H2,18,19,20)/t11-/m1/s1. The summed E-state index contributed by atoms with van der Waals surface area (Å²) in [6.07, 6.45) is 0. The van der Waals surface area contributed by atoms with Crippen LogP contribution in [0.25, 0.3) is 0 Å². The zero-order valence-corrected chi connectivity index (χ0v) is 11.9. The summed E-state index contributed by atoms with van der Waals surface area (Å²) in [4.78, 5) is 11.9. The van der Waals surface area contributed by atoms with Gasteiger partial charge in [0.2, 0.25) is 0 Å². The summed E-state index contributed by atoms with van der Waals surface area (Å²) in [5.41, 5.74) is 1.08. The van der Waals surface area contributed by atoms with Gasteiger partial charge < -0.3 is 15.4 Å². The van der Waals surface area contributed by atoms with E-state index in [1.165, 1.54) is 12.1 Å². The summed E-state index contributed by atoms with van der Waals surface area (Å²) in [6, 6.07) is 12.7. The van der Waals surface area contributed by atoms with E-state index >= 15 is 0 Å². The molecule has 110 valence electrons. The van der Waals surface area contributed by atoms with Crippen LogP contribution in [0.3, 0.4) is 0 Å². The molecule has 2 N–H and O–H groups in total. The van der Waals surface area contributed by atoms with E-state index in [1.54, 1.807) is 19.2 Å². The number of hydrogen-bond acceptors (Lipinski definition) is 2. The van der Waals surface area contributed by atoms with Crippen LogP contribution in [0, 0.1) is 5.82 Å². The van der Waals surface area contributed by atoms with Crippen LogP contribution in [-0.2, 0) is 0 Å². The Labute approximate surface area is 122 Å². The van der Waals surface area contributed by atoms with Crippen LogP contribution in [0.4, 0.5) is 14.9 Å². The number of rotatable bonds is 4. The Balaban J connectivity index is 1.97. The third-order valence-corrected chi connectivity index (χ3v) is 3.09. The number of para-hydroxylation sites is 1. The highest BCUT2D eigenvalue weighted by molar-refractivity contribution is 5.89. The number of carbonyl (C=O) groups excluding carboxylic acids is 1. The molecule has 0 aromatic heterocycles. The van der Waals surface area contributed by atoms with Crippen LogP contribution in [0.1, 0.15) is 18.5 Å². The van der Waals surface area contributed by atoms with E-state index in [0.717, 1.165) is 11.3 Å². The Bertz CT molecular complexity index is 614. The lowest BCUT2D eigenvalue weighted by atomic mass is 10.1. The highest BCUT2D eigenvalue weighted by Gasteiger charge is 2.11. The molecule has 4 nitrogen and oxygen atoms in total. The van der Waals surface area contributed by atoms with Crippen molar-refractivity contribution in [2.45, 2.75) is 13.0 Å². The van der Waals surface area contributed by atoms with E-state index in [0.29, 0.717) is 0 Å². The highest BCUT2D eigenvalue weighted by Crippen LogP contribution is 2.18. The molecule has 0 heterocycles. The minimum atomic E-state index is -0.468. The molecule has 1 atom stereocenters. The number of carbonyl (C=O) groups is 1. The number of ether oxygens (including phenoxy) is 1. The Hall–Kier alpha value is -2.56. The number of hydrogen-bond donors (Lipinski definition) is 2. The van der Waals surface area contributed by atoms with Gasteiger partial charge in [-0.2, -0.15) is 0 Å². The highest BCUT2D eigenvalue weighted by atomic mass is 19.1. The fourth-order valence-electron chi connectivity index (χ4n) is 1.89. The van der Waals surface area contributed by atoms with Gasteiger partial charge in [0.05, 0.1) is 18.8 Å². The van der Waals surface area contributed by atoms with Crippen LogP contribution >= 0.6 is 0 Å². The van der Waals surface area contributed by atoms with Crippen molar-refractivity contribution in [3.63, 3.8) is 0 Å². The summed E-state index contributed by atoms with van der Waals surface area (Å²) in [6.45, 7) is 1.85. The zero-order valence-electron chi connectivity index (χ0n) is 11.9. The third kappa shape index (κ3) is 3.95. The lowest BCUT2D eigenvalue weighted by molar-refractivity contribution is 0.249. The first-order valence-electron chi connectivity index (χ1n) is 6.56. The van der Waals surface area contributed by atoms with Gasteiger partial charge in [0, 0.05) is 0 Å². The van der Waals surface area contributed by atoms with E-state index in [2.05, 4.69) is 10.6 Å². The minimum absolute atomic E-state index is 0.150. The largest absolute Gasteiger partial charge is 0.497 e. The van der Waals surface area contributed by atoms with Gasteiger partial charge in [0.1, 0.15) is 11.6 Å². The van der Waals surface area contributed by atoms with Gasteiger partial charge in [0.15, 0.2) is 0 Å². The number of methoxy groups -OCH3 is 1. The minimum Gasteiger partial charge on any atom is -0.497 e. The molecule has 0 saturated carbocycles. The second-order valence-electron chi connectivity index (χ2n) is 4.57. The van der Waals surface area contributed by atoms with Crippen molar-refractivity contribution in [3.05, 3.63) is 59.9 Å². The molecule has 2 rings (SSSR count). The van der Waals surface area contributed by atoms with Gasteiger partial charge in [0.25, 0.3) is 0 Å². The third-order valence-electron chi connectivity index (χ3n) is 3.09. The van der Waals surface area contributed by atoms with Crippen molar-refractivity contribution < 1.29 is 13.9 Å². The second-order valence-corrected chi connectivity index (χ2v) is 4.57. The van der Waals surface area contributed by atoms with E-state index in [9.17, 15) is 9.18 Å². The topological polar surface area (TPSA) is 50.4 Å². The fourth-order valence-corrected chi connectivity index (χ4v) is 1.89. The summed E-state index contributed by atoms with van der Waals surface area (Å²) in [5, 5.41) is 5.24. The summed E-state index contributed by atoms with van der Waals surface area (Å²) in [5.74, 6) is 0.284. The van der Waals surface area contributed by atoms with Crippen LogP contribution in [0.5, 0.6) is 5.75 Å². The van der Waals surface area contributed by atoms with Crippen molar-refractivity contribution in [2.24, 2.45) is 0 Å². The molecular formula is C16H17FN2O2. The average Bonchev–Trinajstić information content (AvgIpc) is 2.49. The van der Waals surface area contributed by atoms with Crippen molar-refractivity contribution >= 4 is 11.7 Å². The van der Waals surface area contributed by atoms with Crippen molar-refractivity contribution in [1.29, 1.82) is 0 Å². The van der Waals surface area contributed by atoms with Gasteiger partial charge in [-0.3, -0.25) is 0 Å². The quantitative estimate of drug-likeness (QED) is 0.901. The molecule has 0 aliphatic heterocycles. The molecule has 0 unspecified atom stereocenters. The molecule has 5 heteroatoms. The van der Waals surface area contributed by atoms with Crippen LogP contribution in [-0.4, -0.2) is 13.1 Å². The van der Waals surface area contributed by atoms with E-state index in [-0.39, 0.29) is 11.7 Å². The Morgan fingerprint density at radius 1 is 1.14 bits per heavy atom. The van der Waals surface area contributed by atoms with E-state index in [1.807, 2.05) is 31.2 Å². The van der Waals surface area contributed by atoms with Gasteiger partial charge in [-0.05, 0) is 36.8 Å². The normalized spacial score (nSPS) is 11.6. The molecule has 0 radical (unpaired) electrons. The van der Waals surface area contributed by atoms with Gasteiger partial charge >= 0.3 is 6.03 Å². The lowest BCUT2D eigenvalue weighted by Gasteiger charge is -2.15. The van der Waals surface area contributed by atoms with Crippen LogP contribution in [0.2, 0.25) is 0 Å². The number of nitrogens with one attached hydrogen (secondary N) is 2. The maximum absolute atomic E-state index is 13.4. The molecule has 21 heavy (non-hydrogen) atoms. The predicted molar refractivity (Wildman–Crippen MR) is 80.0 cm³/mol. The molecule has 0 saturated heterocycles. The Kier molecular flexibility index (Phi) is 4.77. The van der Waals surface area contributed by atoms with Gasteiger partial charge in [-0.1, -0.05) is 24.3 Å². The van der Waals surface area contributed by atoms with E-state index in [4.69, 9.17) is 4.74 Å². The van der Waals surface area contributed by atoms with E-state index < -0.39 is 11.8 Å². The molecule has 2 amide bonds.